The van der Waals surface area contributed by atoms with Crippen LogP contribution >= 0.6 is 11.8 Å². The first-order valence-electron chi connectivity index (χ1n) is 7.98. The predicted molar refractivity (Wildman–Crippen MR) is 89.7 cm³/mol. The van der Waals surface area contributed by atoms with Crippen molar-refractivity contribution < 1.29 is 0 Å². The molecule has 2 heterocycles. The van der Waals surface area contributed by atoms with Gasteiger partial charge < -0.3 is 0 Å². The molecule has 20 heavy (non-hydrogen) atoms. The van der Waals surface area contributed by atoms with Crippen LogP contribution in [0.4, 0.5) is 0 Å². The average Bonchev–Trinajstić information content (AvgIpc) is 2.49. The molecular formula is C18H29NS. The number of aryl methyl sites for hydroxylation is 1. The second-order valence-corrected chi connectivity index (χ2v) is 8.47. The monoisotopic (exact) mass is 291 g/mol. The van der Waals surface area contributed by atoms with Crippen molar-refractivity contribution in [2.45, 2.75) is 76.9 Å². The minimum atomic E-state index is 0.558. The molecule has 1 aliphatic heterocycles. The summed E-state index contributed by atoms with van der Waals surface area (Å²) >= 11 is 2.06. The highest BCUT2D eigenvalue weighted by Crippen LogP contribution is 2.48. The molecule has 2 rings (SSSR count). The molecule has 0 saturated heterocycles. The Labute approximate surface area is 129 Å². The van der Waals surface area contributed by atoms with Crippen molar-refractivity contribution in [3.8, 4) is 0 Å². The van der Waals surface area contributed by atoms with E-state index in [4.69, 9.17) is 0 Å². The molecule has 1 nitrogen and oxygen atoms in total. The normalized spacial score (nSPS) is 26.8. The number of rotatable bonds is 2. The summed E-state index contributed by atoms with van der Waals surface area (Å²) in [5, 5.41) is 0.681. The third-order valence-electron chi connectivity index (χ3n) is 4.81. The minimum absolute atomic E-state index is 0.558. The fraction of sp³-hybridized carbons (Fsp3) is 0.722. The smallest absolute Gasteiger partial charge is 0.0511 e. The lowest BCUT2D eigenvalue weighted by Gasteiger charge is -2.27. The number of pyridine rings is 1. The van der Waals surface area contributed by atoms with Crippen molar-refractivity contribution in [2.24, 2.45) is 11.8 Å². The quantitative estimate of drug-likeness (QED) is 0.685. The second kappa shape index (κ2) is 6.09. The van der Waals surface area contributed by atoms with Gasteiger partial charge in [0, 0.05) is 16.3 Å². The van der Waals surface area contributed by atoms with E-state index in [-0.39, 0.29) is 0 Å². The van der Waals surface area contributed by atoms with Crippen molar-refractivity contribution in [3.05, 3.63) is 23.0 Å². The average molecular weight is 292 g/mol. The van der Waals surface area contributed by atoms with Crippen LogP contribution in [0.15, 0.2) is 11.1 Å². The Morgan fingerprint density at radius 3 is 2.40 bits per heavy atom. The molecule has 1 aromatic rings. The summed E-state index contributed by atoms with van der Waals surface area (Å²) in [4.78, 5) is 6.17. The van der Waals surface area contributed by atoms with E-state index in [1.807, 2.05) is 0 Å². The molecule has 0 bridgehead atoms. The third-order valence-corrected chi connectivity index (χ3v) is 6.40. The fourth-order valence-electron chi connectivity index (χ4n) is 3.23. The molecule has 2 heteroatoms. The van der Waals surface area contributed by atoms with Gasteiger partial charge in [0.15, 0.2) is 0 Å². The van der Waals surface area contributed by atoms with E-state index in [0.717, 1.165) is 5.92 Å². The molecule has 0 amide bonds. The second-order valence-electron chi connectivity index (χ2n) is 7.08. The number of hydrogen-bond acceptors (Lipinski definition) is 2. The first kappa shape index (κ1) is 15.9. The van der Waals surface area contributed by atoms with Crippen molar-refractivity contribution in [1.29, 1.82) is 0 Å². The number of fused-ring (bicyclic) bond motifs is 1. The Kier molecular flexibility index (Phi) is 4.84. The molecule has 1 aliphatic rings. The van der Waals surface area contributed by atoms with Crippen LogP contribution in [0.2, 0.25) is 0 Å². The first-order valence-corrected chi connectivity index (χ1v) is 8.86. The summed E-state index contributed by atoms with van der Waals surface area (Å²) in [6.45, 7) is 16.3. The summed E-state index contributed by atoms with van der Waals surface area (Å²) < 4.78 is 0. The van der Waals surface area contributed by atoms with Gasteiger partial charge in [0.1, 0.15) is 0 Å². The van der Waals surface area contributed by atoms with Crippen molar-refractivity contribution in [2.75, 3.05) is 0 Å². The van der Waals surface area contributed by atoms with Gasteiger partial charge >= 0.3 is 0 Å². The summed E-state index contributed by atoms with van der Waals surface area (Å²) in [5.41, 5.74) is 4.31. The zero-order valence-corrected chi connectivity index (χ0v) is 14.8. The zero-order valence-electron chi connectivity index (χ0n) is 14.0. The number of nitrogens with zero attached hydrogens (tertiary/aromatic N) is 1. The van der Waals surface area contributed by atoms with Crippen LogP contribution in [-0.4, -0.2) is 10.2 Å². The topological polar surface area (TPSA) is 12.9 Å². The highest BCUT2D eigenvalue weighted by Gasteiger charge is 2.32. The van der Waals surface area contributed by atoms with Crippen LogP contribution in [-0.2, 0) is 0 Å². The zero-order chi connectivity index (χ0) is 15.0. The minimum Gasteiger partial charge on any atom is -0.260 e. The van der Waals surface area contributed by atoms with Crippen molar-refractivity contribution in [3.63, 3.8) is 0 Å². The van der Waals surface area contributed by atoms with Crippen LogP contribution in [0.1, 0.15) is 76.6 Å². The Morgan fingerprint density at radius 1 is 1.20 bits per heavy atom. The lowest BCUT2D eigenvalue weighted by molar-refractivity contribution is 0.388. The molecule has 0 fully saturated rings. The van der Waals surface area contributed by atoms with Gasteiger partial charge in [0.25, 0.3) is 0 Å². The van der Waals surface area contributed by atoms with Crippen LogP contribution in [0, 0.1) is 18.8 Å². The van der Waals surface area contributed by atoms with E-state index in [0.29, 0.717) is 23.0 Å². The largest absolute Gasteiger partial charge is 0.260 e. The SMILES string of the molecule is Cc1ncc(C(C)C)c2c1S[C@H](C)[C@H](C)CC2C(C)C. The fourth-order valence-corrected chi connectivity index (χ4v) is 4.56. The van der Waals surface area contributed by atoms with Crippen LogP contribution in [0.3, 0.4) is 0 Å². The highest BCUT2D eigenvalue weighted by atomic mass is 32.2. The van der Waals surface area contributed by atoms with E-state index in [1.165, 1.54) is 22.6 Å². The summed E-state index contributed by atoms with van der Waals surface area (Å²) in [7, 11) is 0. The maximum Gasteiger partial charge on any atom is 0.0511 e. The molecular weight excluding hydrogens is 262 g/mol. The van der Waals surface area contributed by atoms with Gasteiger partial charge in [-0.2, -0.15) is 0 Å². The molecule has 0 saturated carbocycles. The van der Waals surface area contributed by atoms with E-state index in [9.17, 15) is 0 Å². The van der Waals surface area contributed by atoms with Gasteiger partial charge in [-0.05, 0) is 48.1 Å². The van der Waals surface area contributed by atoms with Gasteiger partial charge in [-0.3, -0.25) is 4.98 Å². The molecule has 112 valence electrons. The lowest BCUT2D eigenvalue weighted by Crippen LogP contribution is -2.16. The molecule has 0 N–H and O–H groups in total. The molecule has 1 aromatic heterocycles. The first-order chi connectivity index (χ1) is 9.32. The lowest BCUT2D eigenvalue weighted by atomic mass is 9.78. The van der Waals surface area contributed by atoms with Gasteiger partial charge in [-0.25, -0.2) is 0 Å². The molecule has 3 atom stereocenters. The maximum absolute atomic E-state index is 4.69. The van der Waals surface area contributed by atoms with Gasteiger partial charge in [0.05, 0.1) is 5.69 Å². The molecule has 0 radical (unpaired) electrons. The molecule has 0 spiro atoms. The summed E-state index contributed by atoms with van der Waals surface area (Å²) in [5.74, 6) is 2.69. The van der Waals surface area contributed by atoms with Crippen molar-refractivity contribution >= 4 is 11.8 Å². The Balaban J connectivity index is 2.65. The standard InChI is InChI=1S/C18H29NS/c1-10(2)15-8-12(5)14(7)20-18-13(6)19-9-16(11(3)4)17(15)18/h9-12,14-15H,8H2,1-7H3/t12-,14-,15?/m1/s1. The Morgan fingerprint density at radius 2 is 1.85 bits per heavy atom. The van der Waals surface area contributed by atoms with E-state index < -0.39 is 0 Å². The summed E-state index contributed by atoms with van der Waals surface area (Å²) in [6, 6.07) is 0. The molecule has 0 aromatic carbocycles. The third kappa shape index (κ3) is 2.90. The van der Waals surface area contributed by atoms with Crippen LogP contribution in [0.25, 0.3) is 0 Å². The van der Waals surface area contributed by atoms with E-state index >= 15 is 0 Å². The Hall–Kier alpha value is -0.500. The van der Waals surface area contributed by atoms with Crippen LogP contribution < -0.4 is 0 Å². The number of hydrogen-bond donors (Lipinski definition) is 0. The Bertz CT molecular complexity index is 479. The van der Waals surface area contributed by atoms with Gasteiger partial charge in [0.2, 0.25) is 0 Å². The maximum atomic E-state index is 4.69. The number of aromatic nitrogens is 1. The summed E-state index contributed by atoms with van der Waals surface area (Å²) in [6.07, 6.45) is 3.44. The van der Waals surface area contributed by atoms with Crippen molar-refractivity contribution in [1.82, 2.24) is 4.98 Å². The number of thioether (sulfide) groups is 1. The van der Waals surface area contributed by atoms with Crippen LogP contribution in [0.5, 0.6) is 0 Å². The van der Waals surface area contributed by atoms with E-state index in [1.54, 1.807) is 5.56 Å². The van der Waals surface area contributed by atoms with Gasteiger partial charge in [-0.1, -0.05) is 41.5 Å². The molecule has 1 unspecified atom stereocenters. The molecule has 0 aliphatic carbocycles. The van der Waals surface area contributed by atoms with E-state index in [2.05, 4.69) is 71.4 Å². The highest BCUT2D eigenvalue weighted by molar-refractivity contribution is 8.00. The van der Waals surface area contributed by atoms with Gasteiger partial charge in [-0.15, -0.1) is 11.8 Å². The predicted octanol–water partition coefficient (Wildman–Crippen LogP) is 5.77.